The summed E-state index contributed by atoms with van der Waals surface area (Å²) >= 11 is 0. The number of piperidine rings is 1. The first-order chi connectivity index (χ1) is 10.6. The van der Waals surface area contributed by atoms with Crippen LogP contribution in [0.5, 0.6) is 0 Å². The first-order valence-corrected chi connectivity index (χ1v) is 8.18. The zero-order valence-corrected chi connectivity index (χ0v) is 13.0. The smallest absolute Gasteiger partial charge is 0.134 e. The summed E-state index contributed by atoms with van der Waals surface area (Å²) in [4.78, 5) is 12.3. The fourth-order valence-electron chi connectivity index (χ4n) is 5.19. The lowest BCUT2D eigenvalue weighted by Gasteiger charge is -2.61. The Hall–Kier alpha value is -1.23. The van der Waals surface area contributed by atoms with Crippen LogP contribution in [0.1, 0.15) is 42.4 Å². The van der Waals surface area contributed by atoms with Crippen LogP contribution >= 0.6 is 0 Å². The third-order valence-corrected chi connectivity index (χ3v) is 6.07. The molecule has 0 amide bonds. The van der Waals surface area contributed by atoms with E-state index in [-0.39, 0.29) is 11.8 Å². The molecule has 0 radical (unpaired) electrons. The lowest BCUT2D eigenvalue weighted by molar-refractivity contribution is -0.149. The molecule has 4 nitrogen and oxygen atoms in total. The molecule has 4 rings (SSSR count). The van der Waals surface area contributed by atoms with Crippen LogP contribution in [0.25, 0.3) is 0 Å². The molecule has 1 aliphatic heterocycles. The van der Waals surface area contributed by atoms with Gasteiger partial charge in [0.2, 0.25) is 0 Å². The molecule has 1 heterocycles. The molecule has 0 aromatic heterocycles. The SMILES string of the molecule is COCc1cccc2c1[C@]13CCN[C@H](C2)[C@]1(O)CCC(=O)C3. The summed E-state index contributed by atoms with van der Waals surface area (Å²) in [6, 6.07) is 6.35. The van der Waals surface area contributed by atoms with Crippen LogP contribution in [0, 0.1) is 0 Å². The third-order valence-electron chi connectivity index (χ3n) is 6.07. The van der Waals surface area contributed by atoms with Crippen LogP contribution in [0.2, 0.25) is 0 Å². The lowest BCUT2D eigenvalue weighted by Crippen LogP contribution is -2.72. The zero-order valence-electron chi connectivity index (χ0n) is 13.0. The first kappa shape index (κ1) is 14.4. The normalized spacial score (nSPS) is 36.6. The fraction of sp³-hybridized carbons (Fsp3) is 0.611. The number of aliphatic hydroxyl groups is 1. The van der Waals surface area contributed by atoms with Gasteiger partial charge in [0.05, 0.1) is 12.2 Å². The standard InChI is InChI=1S/C18H23NO3/c1-22-11-13-4-2-3-12-9-15-18(21)6-5-14(20)10-17(18,16(12)13)7-8-19-15/h2-4,15,19,21H,5-11H2,1H3/t15-,17-,18-/m1/s1. The molecule has 1 aromatic rings. The molecule has 118 valence electrons. The molecule has 3 atom stereocenters. The van der Waals surface area contributed by atoms with Crippen LogP contribution in [0.4, 0.5) is 0 Å². The van der Waals surface area contributed by atoms with Crippen molar-refractivity contribution in [2.45, 2.75) is 55.8 Å². The van der Waals surface area contributed by atoms with Crippen molar-refractivity contribution in [2.75, 3.05) is 13.7 Å². The molecule has 0 spiro atoms. The van der Waals surface area contributed by atoms with Gasteiger partial charge in [-0.05, 0) is 42.5 Å². The third kappa shape index (κ3) is 1.72. The fourth-order valence-corrected chi connectivity index (χ4v) is 5.19. The van der Waals surface area contributed by atoms with Gasteiger partial charge in [-0.2, -0.15) is 0 Å². The maximum atomic E-state index is 12.3. The summed E-state index contributed by atoms with van der Waals surface area (Å²) in [6.45, 7) is 1.40. The number of nitrogens with one attached hydrogen (secondary N) is 1. The van der Waals surface area contributed by atoms with Gasteiger partial charge in [0.15, 0.2) is 0 Å². The van der Waals surface area contributed by atoms with Gasteiger partial charge in [0, 0.05) is 31.4 Å². The Morgan fingerprint density at radius 1 is 1.41 bits per heavy atom. The van der Waals surface area contributed by atoms with Gasteiger partial charge in [-0.3, -0.25) is 4.79 Å². The second-order valence-corrected chi connectivity index (χ2v) is 7.07. The minimum absolute atomic E-state index is 0.0552. The Kier molecular flexibility index (Phi) is 3.19. The Labute approximate surface area is 130 Å². The second kappa shape index (κ2) is 4.88. The maximum absolute atomic E-state index is 12.3. The number of carbonyl (C=O) groups is 1. The van der Waals surface area contributed by atoms with E-state index in [1.807, 2.05) is 0 Å². The number of carbonyl (C=O) groups excluding carboxylic acids is 1. The second-order valence-electron chi connectivity index (χ2n) is 7.07. The highest BCUT2D eigenvalue weighted by atomic mass is 16.5. The van der Waals surface area contributed by atoms with Gasteiger partial charge in [-0.15, -0.1) is 0 Å². The molecule has 3 aliphatic rings. The summed E-state index contributed by atoms with van der Waals surface area (Å²) in [5.74, 6) is 0.283. The molecular formula is C18H23NO3. The van der Waals surface area contributed by atoms with Crippen molar-refractivity contribution in [3.05, 3.63) is 34.9 Å². The van der Waals surface area contributed by atoms with E-state index >= 15 is 0 Å². The highest BCUT2D eigenvalue weighted by molar-refractivity contribution is 5.82. The average Bonchev–Trinajstić information content (AvgIpc) is 2.48. The molecule has 0 unspecified atom stereocenters. The minimum Gasteiger partial charge on any atom is -0.387 e. The van der Waals surface area contributed by atoms with Gasteiger partial charge in [-0.1, -0.05) is 18.2 Å². The Balaban J connectivity index is 1.96. The summed E-state index contributed by atoms with van der Waals surface area (Å²) < 4.78 is 5.39. The number of Topliss-reactive ketones (excluding diaryl/α,β-unsaturated/α-hetero) is 1. The van der Waals surface area contributed by atoms with Gasteiger partial charge >= 0.3 is 0 Å². The zero-order chi connectivity index (χ0) is 15.4. The number of methoxy groups -OCH3 is 1. The van der Waals surface area contributed by atoms with Crippen LogP contribution in [-0.4, -0.2) is 36.2 Å². The number of rotatable bonds is 2. The van der Waals surface area contributed by atoms with Crippen LogP contribution in [0.3, 0.4) is 0 Å². The molecule has 1 saturated carbocycles. The van der Waals surface area contributed by atoms with Crippen molar-refractivity contribution in [1.82, 2.24) is 5.32 Å². The highest BCUT2D eigenvalue weighted by Gasteiger charge is 2.63. The number of hydrogen-bond acceptors (Lipinski definition) is 4. The van der Waals surface area contributed by atoms with Crippen molar-refractivity contribution >= 4 is 5.78 Å². The van der Waals surface area contributed by atoms with E-state index in [1.54, 1.807) is 7.11 Å². The predicted molar refractivity (Wildman–Crippen MR) is 82.8 cm³/mol. The molecule has 2 fully saturated rings. The van der Waals surface area contributed by atoms with Crippen molar-refractivity contribution < 1.29 is 14.6 Å². The average molecular weight is 301 g/mol. The van der Waals surface area contributed by atoms with E-state index in [0.29, 0.717) is 25.9 Å². The van der Waals surface area contributed by atoms with Gasteiger partial charge in [0.1, 0.15) is 5.78 Å². The number of hydrogen-bond donors (Lipinski definition) is 2. The van der Waals surface area contributed by atoms with E-state index in [2.05, 4.69) is 23.5 Å². The van der Waals surface area contributed by atoms with Crippen LogP contribution in [-0.2, 0) is 28.0 Å². The topological polar surface area (TPSA) is 58.6 Å². The summed E-state index contributed by atoms with van der Waals surface area (Å²) in [5.41, 5.74) is 2.36. The number of ketones is 1. The van der Waals surface area contributed by atoms with E-state index in [1.165, 1.54) is 11.1 Å². The molecule has 2 aliphatic carbocycles. The van der Waals surface area contributed by atoms with Crippen molar-refractivity contribution in [2.24, 2.45) is 0 Å². The van der Waals surface area contributed by atoms with Crippen molar-refractivity contribution in [3.63, 3.8) is 0 Å². The number of fused-ring (bicyclic) bond motifs is 1. The van der Waals surface area contributed by atoms with Crippen LogP contribution < -0.4 is 5.32 Å². The van der Waals surface area contributed by atoms with Crippen LogP contribution in [0.15, 0.2) is 18.2 Å². The highest BCUT2D eigenvalue weighted by Crippen LogP contribution is 2.56. The molecule has 2 N–H and O–H groups in total. The van der Waals surface area contributed by atoms with E-state index in [4.69, 9.17) is 4.74 Å². The quantitative estimate of drug-likeness (QED) is 0.868. The molecule has 1 aromatic carbocycles. The Morgan fingerprint density at radius 2 is 2.27 bits per heavy atom. The van der Waals surface area contributed by atoms with Crippen molar-refractivity contribution in [1.29, 1.82) is 0 Å². The lowest BCUT2D eigenvalue weighted by atomic mass is 9.49. The Bertz CT molecular complexity index is 615. The molecule has 2 bridgehead atoms. The Morgan fingerprint density at radius 3 is 3.09 bits per heavy atom. The van der Waals surface area contributed by atoms with Gasteiger partial charge in [0.25, 0.3) is 0 Å². The molecule has 1 saturated heterocycles. The number of ether oxygens (including phenoxy) is 1. The first-order valence-electron chi connectivity index (χ1n) is 8.18. The predicted octanol–water partition coefficient (Wildman–Crippen LogP) is 1.47. The molecular weight excluding hydrogens is 278 g/mol. The van der Waals surface area contributed by atoms with E-state index < -0.39 is 11.0 Å². The molecule has 22 heavy (non-hydrogen) atoms. The summed E-state index contributed by atoms with van der Waals surface area (Å²) in [7, 11) is 1.70. The van der Waals surface area contributed by atoms with Crippen molar-refractivity contribution in [3.8, 4) is 0 Å². The summed E-state index contributed by atoms with van der Waals surface area (Å²) in [6.07, 6.45) is 3.19. The maximum Gasteiger partial charge on any atom is 0.134 e. The summed E-state index contributed by atoms with van der Waals surface area (Å²) in [5, 5.41) is 15.1. The number of benzene rings is 1. The van der Waals surface area contributed by atoms with E-state index in [9.17, 15) is 9.90 Å². The van der Waals surface area contributed by atoms with Gasteiger partial charge < -0.3 is 15.2 Å². The minimum atomic E-state index is -0.810. The largest absolute Gasteiger partial charge is 0.387 e. The molecule has 4 heteroatoms. The monoisotopic (exact) mass is 301 g/mol. The van der Waals surface area contributed by atoms with Gasteiger partial charge in [-0.25, -0.2) is 0 Å². The van der Waals surface area contributed by atoms with E-state index in [0.717, 1.165) is 24.9 Å².